The maximum atomic E-state index is 13.8. The minimum atomic E-state index is -0.599. The van der Waals surface area contributed by atoms with E-state index in [-0.39, 0.29) is 45.2 Å². The zero-order chi connectivity index (χ0) is 30.8. The summed E-state index contributed by atoms with van der Waals surface area (Å²) in [7, 11) is 3.06. The van der Waals surface area contributed by atoms with Gasteiger partial charge >= 0.3 is 6.03 Å². The normalized spacial score (nSPS) is 11.0. The Kier molecular flexibility index (Phi) is 8.13. The zero-order valence-electron chi connectivity index (χ0n) is 24.1. The third-order valence-electron chi connectivity index (χ3n) is 6.58. The number of carbonyl (C=O) groups excluding carboxylic acids is 3. The first kappa shape index (κ1) is 29.3. The van der Waals surface area contributed by atoms with Gasteiger partial charge in [-0.15, -0.1) is 5.10 Å². The van der Waals surface area contributed by atoms with Gasteiger partial charge in [0, 0.05) is 42.6 Å². The van der Waals surface area contributed by atoms with Gasteiger partial charge in [-0.3, -0.25) is 14.5 Å². The topological polar surface area (TPSA) is 136 Å². The first-order chi connectivity index (χ1) is 20.6. The number of halogens is 1. The summed E-state index contributed by atoms with van der Waals surface area (Å²) in [5.74, 6) is -0.677. The molecule has 0 fully saturated rings. The van der Waals surface area contributed by atoms with E-state index in [1.807, 2.05) is 32.0 Å². The Morgan fingerprint density at radius 2 is 1.77 bits per heavy atom. The van der Waals surface area contributed by atoms with Crippen molar-refractivity contribution in [1.82, 2.24) is 29.9 Å². The molecule has 0 aliphatic carbocycles. The van der Waals surface area contributed by atoms with Crippen molar-refractivity contribution < 1.29 is 19.1 Å². The SMILES string of the molecule is COc1cc(C(=O)Nc2c(C)cc3cn(C(=O)N(C)c4ccccc4)nc3c2C(=O)NC(C)C)n(-c2ncccc2Cl)n1. The minimum absolute atomic E-state index is 0.0670. The Labute approximate surface area is 252 Å². The molecule has 0 unspecified atom stereocenters. The predicted octanol–water partition coefficient (Wildman–Crippen LogP) is 5.08. The number of amides is 3. The molecule has 0 radical (unpaired) electrons. The predicted molar refractivity (Wildman–Crippen MR) is 164 cm³/mol. The second-order valence-corrected chi connectivity index (χ2v) is 10.4. The molecule has 3 heterocycles. The summed E-state index contributed by atoms with van der Waals surface area (Å²) < 4.78 is 7.71. The van der Waals surface area contributed by atoms with Crippen molar-refractivity contribution in [3.05, 3.63) is 88.8 Å². The highest BCUT2D eigenvalue weighted by atomic mass is 35.5. The highest BCUT2D eigenvalue weighted by Crippen LogP contribution is 2.31. The molecule has 0 atom stereocenters. The number of carbonyl (C=O) groups is 3. The Balaban J connectivity index is 1.60. The van der Waals surface area contributed by atoms with Crippen molar-refractivity contribution in [2.75, 3.05) is 24.4 Å². The average Bonchev–Trinajstić information content (AvgIpc) is 3.61. The van der Waals surface area contributed by atoms with Crippen LogP contribution < -0.4 is 20.3 Å². The molecule has 5 rings (SSSR count). The number of ether oxygens (including phenoxy) is 1. The number of benzene rings is 2. The van der Waals surface area contributed by atoms with Crippen molar-refractivity contribution in [1.29, 1.82) is 0 Å². The summed E-state index contributed by atoms with van der Waals surface area (Å²) in [6.45, 7) is 5.40. The fourth-order valence-corrected chi connectivity index (χ4v) is 4.73. The Bertz CT molecular complexity index is 1850. The van der Waals surface area contributed by atoms with Crippen molar-refractivity contribution in [2.45, 2.75) is 26.8 Å². The van der Waals surface area contributed by atoms with Crippen LogP contribution in [0.25, 0.3) is 16.7 Å². The molecule has 3 amide bonds. The summed E-state index contributed by atoms with van der Waals surface area (Å²) >= 11 is 6.35. The highest BCUT2D eigenvalue weighted by Gasteiger charge is 2.27. The van der Waals surface area contributed by atoms with Gasteiger partial charge in [-0.1, -0.05) is 29.8 Å². The van der Waals surface area contributed by atoms with E-state index < -0.39 is 17.8 Å². The summed E-state index contributed by atoms with van der Waals surface area (Å²) in [5, 5.41) is 15.4. The smallest absolute Gasteiger partial charge is 0.348 e. The largest absolute Gasteiger partial charge is 0.480 e. The van der Waals surface area contributed by atoms with E-state index in [1.54, 1.807) is 50.5 Å². The number of nitrogens with one attached hydrogen (secondary N) is 2. The standard InChI is InChI=1S/C30H29ClN8O4/c1-17(2)33-29(41)24-25(34-28(40)22-15-23(43-5)35-39(22)27-21(31)12-9-13-32-27)18(3)14-19-16-38(36-26(19)24)30(42)37(4)20-10-7-6-8-11-20/h6-17H,1-5H3,(H,33,41)(H,34,40). The maximum absolute atomic E-state index is 13.8. The van der Waals surface area contributed by atoms with Gasteiger partial charge in [-0.2, -0.15) is 9.78 Å². The number of rotatable bonds is 7. The molecule has 13 heteroatoms. The molecule has 0 saturated heterocycles. The molecule has 43 heavy (non-hydrogen) atoms. The molecule has 0 aliphatic heterocycles. The first-order valence-corrected chi connectivity index (χ1v) is 13.7. The van der Waals surface area contributed by atoms with Gasteiger partial charge in [-0.25, -0.2) is 14.5 Å². The number of methoxy groups -OCH3 is 1. The zero-order valence-corrected chi connectivity index (χ0v) is 24.9. The number of aryl methyl sites for hydroxylation is 1. The van der Waals surface area contributed by atoms with E-state index in [2.05, 4.69) is 25.8 Å². The fourth-order valence-electron chi connectivity index (χ4n) is 4.53. The van der Waals surface area contributed by atoms with E-state index >= 15 is 0 Å². The lowest BCUT2D eigenvalue weighted by molar-refractivity contribution is 0.0945. The van der Waals surface area contributed by atoms with Crippen molar-refractivity contribution in [2.24, 2.45) is 0 Å². The van der Waals surface area contributed by atoms with Crippen LogP contribution in [0, 0.1) is 6.92 Å². The van der Waals surface area contributed by atoms with Crippen LogP contribution in [0.5, 0.6) is 5.88 Å². The summed E-state index contributed by atoms with van der Waals surface area (Å²) in [6.07, 6.45) is 3.08. The minimum Gasteiger partial charge on any atom is -0.480 e. The van der Waals surface area contributed by atoms with E-state index in [1.165, 1.54) is 33.6 Å². The Morgan fingerprint density at radius 1 is 1.02 bits per heavy atom. The van der Waals surface area contributed by atoms with Crippen molar-refractivity contribution >= 4 is 51.7 Å². The van der Waals surface area contributed by atoms with Crippen LogP contribution in [-0.2, 0) is 0 Å². The average molecular weight is 601 g/mol. The highest BCUT2D eigenvalue weighted by molar-refractivity contribution is 6.32. The molecule has 0 saturated carbocycles. The van der Waals surface area contributed by atoms with E-state index in [4.69, 9.17) is 16.3 Å². The second-order valence-electron chi connectivity index (χ2n) is 10.0. The van der Waals surface area contributed by atoms with E-state index in [0.29, 0.717) is 16.6 Å². The number of fused-ring (bicyclic) bond motifs is 1. The summed E-state index contributed by atoms with van der Waals surface area (Å²) in [6, 6.07) is 15.0. The van der Waals surface area contributed by atoms with Crippen LogP contribution in [-0.4, -0.2) is 62.6 Å². The monoisotopic (exact) mass is 600 g/mol. The van der Waals surface area contributed by atoms with Crippen LogP contribution >= 0.6 is 11.6 Å². The van der Waals surface area contributed by atoms with E-state index in [9.17, 15) is 14.4 Å². The molecule has 2 N–H and O–H groups in total. The molecule has 2 aromatic carbocycles. The third kappa shape index (κ3) is 5.77. The van der Waals surface area contributed by atoms with Crippen molar-refractivity contribution in [3.63, 3.8) is 0 Å². The molecule has 3 aromatic heterocycles. The molecule has 0 spiro atoms. The van der Waals surface area contributed by atoms with Crippen LogP contribution in [0.15, 0.2) is 67.0 Å². The molecular formula is C30H29ClN8O4. The van der Waals surface area contributed by atoms with Crippen LogP contribution in [0.4, 0.5) is 16.2 Å². The molecule has 12 nitrogen and oxygen atoms in total. The van der Waals surface area contributed by atoms with Gasteiger partial charge in [0.15, 0.2) is 5.82 Å². The number of nitrogens with zero attached hydrogens (tertiary/aromatic N) is 6. The number of pyridine rings is 1. The molecule has 5 aromatic rings. The summed E-state index contributed by atoms with van der Waals surface area (Å²) in [5.41, 5.74) is 1.90. The lowest BCUT2D eigenvalue weighted by Crippen LogP contribution is -2.32. The summed E-state index contributed by atoms with van der Waals surface area (Å²) in [4.78, 5) is 46.4. The van der Waals surface area contributed by atoms with Crippen LogP contribution in [0.2, 0.25) is 5.02 Å². The van der Waals surface area contributed by atoms with Crippen LogP contribution in [0.3, 0.4) is 0 Å². The number of aromatic nitrogens is 5. The maximum Gasteiger partial charge on any atom is 0.348 e. The van der Waals surface area contributed by atoms with E-state index in [0.717, 1.165) is 0 Å². The molecule has 220 valence electrons. The lowest BCUT2D eigenvalue weighted by atomic mass is 10.0. The lowest BCUT2D eigenvalue weighted by Gasteiger charge is -2.17. The quantitative estimate of drug-likeness (QED) is 0.266. The number of para-hydroxylation sites is 1. The van der Waals surface area contributed by atoms with Crippen molar-refractivity contribution in [3.8, 4) is 11.7 Å². The third-order valence-corrected chi connectivity index (χ3v) is 6.87. The Hall–Kier alpha value is -5.23. The number of hydrogen-bond donors (Lipinski definition) is 2. The van der Waals surface area contributed by atoms with Gasteiger partial charge in [0.1, 0.15) is 11.2 Å². The number of anilines is 2. The Morgan fingerprint density at radius 3 is 2.44 bits per heavy atom. The molecule has 0 bridgehead atoms. The van der Waals surface area contributed by atoms with Gasteiger partial charge < -0.3 is 15.4 Å². The first-order valence-electron chi connectivity index (χ1n) is 13.3. The van der Waals surface area contributed by atoms with Gasteiger partial charge in [0.05, 0.1) is 23.4 Å². The molecular weight excluding hydrogens is 572 g/mol. The molecule has 0 aliphatic rings. The fraction of sp³-hybridized carbons (Fsp3) is 0.200. The van der Waals surface area contributed by atoms with Crippen LogP contribution in [0.1, 0.15) is 40.3 Å². The van der Waals surface area contributed by atoms with Gasteiger partial charge in [0.2, 0.25) is 5.88 Å². The van der Waals surface area contributed by atoms with Gasteiger partial charge in [-0.05, 0) is 56.7 Å². The second kappa shape index (κ2) is 11.9. The van der Waals surface area contributed by atoms with Gasteiger partial charge in [0.25, 0.3) is 11.8 Å². The number of hydrogen-bond acceptors (Lipinski definition) is 7.